The molecule has 1 aromatic rings. The standard InChI is InChI=1S/C13H24N6O/c1-13(19-7-9-20-10-8-19)5-3-11(4-6-13)14-12-15-16-17-18(12)2/h11H,3-10H2,1-2H3,(H,14,15,17). The number of nitrogens with zero attached hydrogens (tertiary/aromatic N) is 5. The molecular weight excluding hydrogens is 256 g/mol. The van der Waals surface area contributed by atoms with Crippen molar-refractivity contribution in [2.45, 2.75) is 44.2 Å². The topological polar surface area (TPSA) is 68.1 Å². The first kappa shape index (κ1) is 13.8. The fourth-order valence-electron chi connectivity index (χ4n) is 3.34. The van der Waals surface area contributed by atoms with Gasteiger partial charge in [0.05, 0.1) is 13.2 Å². The average molecular weight is 280 g/mol. The van der Waals surface area contributed by atoms with E-state index in [1.54, 1.807) is 4.68 Å². The van der Waals surface area contributed by atoms with Crippen molar-refractivity contribution in [2.24, 2.45) is 7.05 Å². The van der Waals surface area contributed by atoms with Gasteiger partial charge in [0.25, 0.3) is 0 Å². The van der Waals surface area contributed by atoms with Crippen molar-refractivity contribution in [2.75, 3.05) is 31.6 Å². The van der Waals surface area contributed by atoms with Crippen molar-refractivity contribution >= 4 is 5.95 Å². The average Bonchev–Trinajstić information content (AvgIpc) is 2.88. The van der Waals surface area contributed by atoms with Crippen molar-refractivity contribution in [3.63, 3.8) is 0 Å². The minimum absolute atomic E-state index is 0.333. The summed E-state index contributed by atoms with van der Waals surface area (Å²) in [6.07, 6.45) is 4.77. The van der Waals surface area contributed by atoms with E-state index < -0.39 is 0 Å². The van der Waals surface area contributed by atoms with Crippen LogP contribution in [-0.2, 0) is 11.8 Å². The third-order valence-electron chi connectivity index (χ3n) is 4.79. The first-order valence-electron chi connectivity index (χ1n) is 7.49. The number of morpholine rings is 1. The highest BCUT2D eigenvalue weighted by atomic mass is 16.5. The molecule has 20 heavy (non-hydrogen) atoms. The first-order chi connectivity index (χ1) is 9.67. The van der Waals surface area contributed by atoms with Crippen LogP contribution in [0.4, 0.5) is 5.95 Å². The van der Waals surface area contributed by atoms with Gasteiger partial charge < -0.3 is 10.1 Å². The smallest absolute Gasteiger partial charge is 0.242 e. The fourth-order valence-corrected chi connectivity index (χ4v) is 3.34. The van der Waals surface area contributed by atoms with Crippen molar-refractivity contribution in [3.8, 4) is 0 Å². The number of anilines is 1. The summed E-state index contributed by atoms with van der Waals surface area (Å²) in [4.78, 5) is 2.61. The van der Waals surface area contributed by atoms with Gasteiger partial charge in [-0.2, -0.15) is 0 Å². The SMILES string of the molecule is Cn1nnnc1NC1CCC(C)(N2CCOCC2)CC1. The molecule has 0 spiro atoms. The zero-order chi connectivity index (χ0) is 14.0. The van der Waals surface area contributed by atoms with E-state index in [4.69, 9.17) is 4.74 Å². The van der Waals surface area contributed by atoms with E-state index in [-0.39, 0.29) is 0 Å². The zero-order valence-electron chi connectivity index (χ0n) is 12.4. The minimum atomic E-state index is 0.333. The molecule has 7 heteroatoms. The molecule has 0 aromatic carbocycles. The Bertz CT molecular complexity index is 434. The zero-order valence-corrected chi connectivity index (χ0v) is 12.4. The van der Waals surface area contributed by atoms with E-state index >= 15 is 0 Å². The van der Waals surface area contributed by atoms with Gasteiger partial charge in [0.15, 0.2) is 0 Å². The van der Waals surface area contributed by atoms with Crippen molar-refractivity contribution in [3.05, 3.63) is 0 Å². The van der Waals surface area contributed by atoms with Gasteiger partial charge in [-0.15, -0.1) is 0 Å². The second-order valence-electron chi connectivity index (χ2n) is 6.14. The van der Waals surface area contributed by atoms with Crippen LogP contribution in [0.5, 0.6) is 0 Å². The van der Waals surface area contributed by atoms with Gasteiger partial charge in [-0.3, -0.25) is 4.90 Å². The summed E-state index contributed by atoms with van der Waals surface area (Å²) in [7, 11) is 1.86. The van der Waals surface area contributed by atoms with Gasteiger partial charge >= 0.3 is 0 Å². The number of hydrogen-bond donors (Lipinski definition) is 1. The Balaban J connectivity index is 1.54. The van der Waals surface area contributed by atoms with Crippen LogP contribution in [0.3, 0.4) is 0 Å². The molecule has 112 valence electrons. The molecule has 1 aliphatic carbocycles. The Kier molecular flexibility index (Phi) is 3.89. The van der Waals surface area contributed by atoms with Gasteiger partial charge in [0.1, 0.15) is 0 Å². The molecule has 0 unspecified atom stereocenters. The molecule has 3 rings (SSSR count). The molecule has 1 aliphatic heterocycles. The molecule has 2 heterocycles. The Morgan fingerprint density at radius 3 is 2.55 bits per heavy atom. The fraction of sp³-hybridized carbons (Fsp3) is 0.923. The van der Waals surface area contributed by atoms with E-state index in [9.17, 15) is 0 Å². The van der Waals surface area contributed by atoms with Crippen molar-refractivity contribution < 1.29 is 4.74 Å². The lowest BCUT2D eigenvalue weighted by Gasteiger charge is -2.47. The predicted molar refractivity (Wildman–Crippen MR) is 75.5 cm³/mol. The molecule has 0 atom stereocenters. The maximum absolute atomic E-state index is 5.46. The summed E-state index contributed by atoms with van der Waals surface area (Å²) in [6.45, 7) is 6.30. The van der Waals surface area contributed by atoms with E-state index in [1.807, 2.05) is 7.05 Å². The van der Waals surface area contributed by atoms with Crippen LogP contribution in [0.1, 0.15) is 32.6 Å². The number of nitrogens with one attached hydrogen (secondary N) is 1. The van der Waals surface area contributed by atoms with Gasteiger partial charge in [0, 0.05) is 31.7 Å². The highest BCUT2D eigenvalue weighted by Crippen LogP contribution is 2.34. The highest BCUT2D eigenvalue weighted by Gasteiger charge is 2.37. The lowest BCUT2D eigenvalue weighted by atomic mass is 9.79. The summed E-state index contributed by atoms with van der Waals surface area (Å²) in [5.74, 6) is 0.768. The second-order valence-corrected chi connectivity index (χ2v) is 6.14. The number of ether oxygens (including phenoxy) is 1. The molecule has 1 saturated carbocycles. The number of aromatic nitrogens is 4. The van der Waals surface area contributed by atoms with Crippen LogP contribution < -0.4 is 5.32 Å². The molecular formula is C13H24N6O. The molecule has 2 fully saturated rings. The summed E-state index contributed by atoms with van der Waals surface area (Å²) in [6, 6.07) is 0.480. The number of tetrazole rings is 1. The first-order valence-corrected chi connectivity index (χ1v) is 7.49. The lowest BCUT2D eigenvalue weighted by molar-refractivity contribution is -0.0305. The van der Waals surface area contributed by atoms with E-state index in [1.165, 1.54) is 25.7 Å². The van der Waals surface area contributed by atoms with Crippen LogP contribution in [0.15, 0.2) is 0 Å². The normalized spacial score (nSPS) is 32.2. The summed E-state index contributed by atoms with van der Waals surface area (Å²) < 4.78 is 7.15. The molecule has 0 amide bonds. The van der Waals surface area contributed by atoms with Gasteiger partial charge in [-0.1, -0.05) is 5.10 Å². The Morgan fingerprint density at radius 2 is 1.95 bits per heavy atom. The largest absolute Gasteiger partial charge is 0.379 e. The minimum Gasteiger partial charge on any atom is -0.379 e. The summed E-state index contributed by atoms with van der Waals surface area (Å²) in [5, 5.41) is 15.0. The number of hydrogen-bond acceptors (Lipinski definition) is 6. The van der Waals surface area contributed by atoms with Crippen LogP contribution in [0.25, 0.3) is 0 Å². The molecule has 0 bridgehead atoms. The maximum Gasteiger partial charge on any atom is 0.242 e. The Morgan fingerprint density at radius 1 is 1.25 bits per heavy atom. The van der Waals surface area contributed by atoms with E-state index in [2.05, 4.69) is 32.7 Å². The molecule has 7 nitrogen and oxygen atoms in total. The molecule has 0 radical (unpaired) electrons. The summed E-state index contributed by atoms with van der Waals surface area (Å²) in [5.41, 5.74) is 0.333. The molecule has 1 N–H and O–H groups in total. The third kappa shape index (κ3) is 2.78. The van der Waals surface area contributed by atoms with Gasteiger partial charge in [0.2, 0.25) is 5.95 Å². The monoisotopic (exact) mass is 280 g/mol. The van der Waals surface area contributed by atoms with Crippen molar-refractivity contribution in [1.29, 1.82) is 0 Å². The lowest BCUT2D eigenvalue weighted by Crippen LogP contribution is -2.54. The van der Waals surface area contributed by atoms with Gasteiger partial charge in [-0.25, -0.2) is 4.68 Å². The molecule has 2 aliphatic rings. The molecule has 1 aromatic heterocycles. The quantitative estimate of drug-likeness (QED) is 0.877. The third-order valence-corrected chi connectivity index (χ3v) is 4.79. The van der Waals surface area contributed by atoms with E-state index in [0.29, 0.717) is 11.6 Å². The van der Waals surface area contributed by atoms with Crippen LogP contribution in [0, 0.1) is 0 Å². The van der Waals surface area contributed by atoms with Crippen LogP contribution >= 0.6 is 0 Å². The van der Waals surface area contributed by atoms with Crippen LogP contribution in [0.2, 0.25) is 0 Å². The maximum atomic E-state index is 5.46. The van der Waals surface area contributed by atoms with Crippen molar-refractivity contribution in [1.82, 2.24) is 25.1 Å². The Labute approximate surface area is 119 Å². The second kappa shape index (κ2) is 5.65. The highest BCUT2D eigenvalue weighted by molar-refractivity contribution is 5.23. The predicted octanol–water partition coefficient (Wildman–Crippen LogP) is 0.655. The number of rotatable bonds is 3. The summed E-state index contributed by atoms with van der Waals surface area (Å²) >= 11 is 0. The van der Waals surface area contributed by atoms with Crippen LogP contribution in [-0.4, -0.2) is 63.0 Å². The Hall–Kier alpha value is -1.21. The van der Waals surface area contributed by atoms with Gasteiger partial charge in [-0.05, 0) is 43.0 Å². The molecule has 1 saturated heterocycles. The van der Waals surface area contributed by atoms with E-state index in [0.717, 1.165) is 32.3 Å². The number of aryl methyl sites for hydroxylation is 1.